The van der Waals surface area contributed by atoms with Gasteiger partial charge in [0.1, 0.15) is 5.03 Å². The van der Waals surface area contributed by atoms with E-state index >= 15 is 0 Å². The third-order valence-corrected chi connectivity index (χ3v) is 3.54. The Morgan fingerprint density at radius 1 is 1.26 bits per heavy atom. The van der Waals surface area contributed by atoms with Crippen LogP contribution in [0.5, 0.6) is 0 Å². The molecule has 6 heteroatoms. The highest BCUT2D eigenvalue weighted by Gasteiger charge is 2.08. The maximum Gasteiger partial charge on any atom is 0.238 e. The first-order valence-electron chi connectivity index (χ1n) is 5.77. The Balaban J connectivity index is 2.13. The average Bonchev–Trinajstić information content (AvgIpc) is 2.37. The first-order chi connectivity index (χ1) is 9.08. The lowest BCUT2D eigenvalue weighted by atomic mass is 10.1. The lowest BCUT2D eigenvalue weighted by molar-refractivity contribution is 0.580. The van der Waals surface area contributed by atoms with Crippen molar-refractivity contribution in [1.82, 2.24) is 9.97 Å². The summed E-state index contributed by atoms with van der Waals surface area (Å²) in [5.74, 6) is 5.64. The number of benzene rings is 1. The Morgan fingerprint density at radius 3 is 2.58 bits per heavy atom. The molecule has 0 bridgehead atoms. The van der Waals surface area contributed by atoms with Crippen LogP contribution in [0.4, 0.5) is 10.3 Å². The molecule has 4 nitrogen and oxygen atoms in total. The van der Waals surface area contributed by atoms with Crippen LogP contribution in [0, 0.1) is 19.7 Å². The minimum absolute atomic E-state index is 0.212. The normalized spacial score (nSPS) is 10.5. The number of halogens is 1. The second-order valence-electron chi connectivity index (χ2n) is 4.28. The van der Waals surface area contributed by atoms with Gasteiger partial charge in [0.25, 0.3) is 0 Å². The van der Waals surface area contributed by atoms with E-state index in [-0.39, 0.29) is 5.95 Å². The van der Waals surface area contributed by atoms with E-state index in [0.29, 0.717) is 10.8 Å². The molecule has 0 radical (unpaired) electrons. The average molecular weight is 278 g/mol. The molecule has 19 heavy (non-hydrogen) atoms. The number of thioether (sulfide) groups is 1. The van der Waals surface area contributed by atoms with Crippen LogP contribution < -0.4 is 11.3 Å². The Kier molecular flexibility index (Phi) is 4.34. The number of rotatable bonds is 4. The zero-order chi connectivity index (χ0) is 13.8. The SMILES string of the molecule is Cc1cc(C)cc(CSc2nc(NN)ncc2F)c1. The summed E-state index contributed by atoms with van der Waals surface area (Å²) >= 11 is 1.33. The van der Waals surface area contributed by atoms with Crippen molar-refractivity contribution in [3.05, 3.63) is 46.9 Å². The summed E-state index contributed by atoms with van der Waals surface area (Å²) in [4.78, 5) is 7.70. The van der Waals surface area contributed by atoms with Gasteiger partial charge in [-0.1, -0.05) is 41.1 Å². The highest BCUT2D eigenvalue weighted by atomic mass is 32.2. The summed E-state index contributed by atoms with van der Waals surface area (Å²) in [6.45, 7) is 4.09. The highest BCUT2D eigenvalue weighted by Crippen LogP contribution is 2.24. The van der Waals surface area contributed by atoms with Crippen molar-refractivity contribution in [1.29, 1.82) is 0 Å². The molecular weight excluding hydrogens is 263 g/mol. The molecule has 3 N–H and O–H groups in total. The summed E-state index contributed by atoms with van der Waals surface area (Å²) in [7, 11) is 0. The van der Waals surface area contributed by atoms with E-state index in [4.69, 9.17) is 5.84 Å². The standard InChI is InChI=1S/C13H15FN4S/c1-8-3-9(2)5-10(4-8)7-19-12-11(14)6-16-13(17-12)18-15/h3-6H,7,15H2,1-2H3,(H,16,17,18). The van der Waals surface area contributed by atoms with Crippen LogP contribution in [0.2, 0.25) is 0 Å². The lowest BCUT2D eigenvalue weighted by Gasteiger charge is -2.06. The van der Waals surface area contributed by atoms with Gasteiger partial charge in [-0.25, -0.2) is 20.2 Å². The molecule has 2 rings (SSSR count). The maximum absolute atomic E-state index is 13.6. The van der Waals surface area contributed by atoms with Gasteiger partial charge in [0, 0.05) is 5.75 Å². The highest BCUT2D eigenvalue weighted by molar-refractivity contribution is 7.98. The molecule has 0 unspecified atom stereocenters. The van der Waals surface area contributed by atoms with Gasteiger partial charge in [-0.15, -0.1) is 0 Å². The summed E-state index contributed by atoms with van der Waals surface area (Å²) < 4.78 is 13.6. The van der Waals surface area contributed by atoms with Crippen LogP contribution in [0.1, 0.15) is 16.7 Å². The van der Waals surface area contributed by atoms with Gasteiger partial charge in [0.2, 0.25) is 5.95 Å². The molecule has 100 valence electrons. The van der Waals surface area contributed by atoms with E-state index in [9.17, 15) is 4.39 Å². The Morgan fingerprint density at radius 2 is 1.95 bits per heavy atom. The minimum Gasteiger partial charge on any atom is -0.292 e. The fraction of sp³-hybridized carbons (Fsp3) is 0.231. The van der Waals surface area contributed by atoms with Gasteiger partial charge < -0.3 is 0 Å². The van der Waals surface area contributed by atoms with Crippen LogP contribution in [-0.4, -0.2) is 9.97 Å². The molecule has 2 aromatic rings. The third kappa shape index (κ3) is 3.65. The minimum atomic E-state index is -0.437. The van der Waals surface area contributed by atoms with E-state index in [1.807, 2.05) is 13.8 Å². The molecule has 1 aromatic carbocycles. The number of aromatic nitrogens is 2. The zero-order valence-corrected chi connectivity index (χ0v) is 11.6. The smallest absolute Gasteiger partial charge is 0.238 e. The second-order valence-corrected chi connectivity index (χ2v) is 5.24. The largest absolute Gasteiger partial charge is 0.292 e. The van der Waals surface area contributed by atoms with Gasteiger partial charge in [0.15, 0.2) is 5.82 Å². The van der Waals surface area contributed by atoms with E-state index in [0.717, 1.165) is 11.8 Å². The van der Waals surface area contributed by atoms with Gasteiger partial charge >= 0.3 is 0 Å². The van der Waals surface area contributed by atoms with Gasteiger partial charge in [-0.3, -0.25) is 5.43 Å². The summed E-state index contributed by atoms with van der Waals surface area (Å²) in [5, 5.41) is 0.294. The van der Waals surface area contributed by atoms with Crippen LogP contribution in [-0.2, 0) is 5.75 Å². The summed E-state index contributed by atoms with van der Waals surface area (Å²) in [5.41, 5.74) is 5.84. The quantitative estimate of drug-likeness (QED) is 0.390. The third-order valence-electron chi connectivity index (χ3n) is 2.50. The second kappa shape index (κ2) is 5.99. The molecule has 0 saturated carbocycles. The van der Waals surface area contributed by atoms with Crippen LogP contribution >= 0.6 is 11.8 Å². The lowest BCUT2D eigenvalue weighted by Crippen LogP contribution is -2.11. The molecule has 0 aliphatic heterocycles. The summed E-state index contributed by atoms with van der Waals surface area (Å²) in [6.07, 6.45) is 1.12. The van der Waals surface area contributed by atoms with Gasteiger partial charge in [0.05, 0.1) is 6.20 Å². The number of nitrogen functional groups attached to an aromatic ring is 1. The molecule has 0 saturated heterocycles. The Labute approximate surface area is 115 Å². The number of hydrogen-bond acceptors (Lipinski definition) is 5. The molecule has 1 heterocycles. The molecule has 0 amide bonds. The molecular formula is C13H15FN4S. The number of nitrogens with two attached hydrogens (primary N) is 1. The number of hydrogen-bond donors (Lipinski definition) is 2. The number of nitrogens with one attached hydrogen (secondary N) is 1. The summed E-state index contributed by atoms with van der Waals surface area (Å²) in [6, 6.07) is 6.28. The van der Waals surface area contributed by atoms with Crippen molar-refractivity contribution in [2.24, 2.45) is 5.84 Å². The number of nitrogens with zero attached hydrogens (tertiary/aromatic N) is 2. The van der Waals surface area contributed by atoms with Gasteiger partial charge in [-0.05, 0) is 19.4 Å². The van der Waals surface area contributed by atoms with Gasteiger partial charge in [-0.2, -0.15) is 0 Å². The molecule has 1 aromatic heterocycles. The predicted octanol–water partition coefficient (Wildman–Crippen LogP) is 2.81. The molecule has 0 spiro atoms. The van der Waals surface area contributed by atoms with Crippen molar-refractivity contribution in [3.63, 3.8) is 0 Å². The molecule has 0 aliphatic rings. The van der Waals surface area contributed by atoms with Crippen LogP contribution in [0.3, 0.4) is 0 Å². The van der Waals surface area contributed by atoms with E-state index < -0.39 is 5.82 Å². The molecule has 0 aliphatic carbocycles. The Hall–Kier alpha value is -1.66. The molecule has 0 fully saturated rings. The van der Waals surface area contributed by atoms with Crippen molar-refractivity contribution in [3.8, 4) is 0 Å². The first-order valence-corrected chi connectivity index (χ1v) is 6.76. The monoisotopic (exact) mass is 278 g/mol. The molecule has 0 atom stereocenters. The number of hydrazine groups is 1. The topological polar surface area (TPSA) is 63.8 Å². The van der Waals surface area contributed by atoms with E-state index in [1.165, 1.54) is 22.9 Å². The van der Waals surface area contributed by atoms with E-state index in [2.05, 4.69) is 33.6 Å². The van der Waals surface area contributed by atoms with Crippen molar-refractivity contribution >= 4 is 17.7 Å². The Bertz CT molecular complexity index is 569. The van der Waals surface area contributed by atoms with Crippen LogP contribution in [0.15, 0.2) is 29.4 Å². The number of aryl methyl sites for hydroxylation is 2. The van der Waals surface area contributed by atoms with Crippen LogP contribution in [0.25, 0.3) is 0 Å². The zero-order valence-electron chi connectivity index (χ0n) is 10.8. The fourth-order valence-electron chi connectivity index (χ4n) is 1.83. The van der Waals surface area contributed by atoms with Crippen molar-refractivity contribution < 1.29 is 4.39 Å². The predicted molar refractivity (Wildman–Crippen MR) is 75.3 cm³/mol. The van der Waals surface area contributed by atoms with Crippen molar-refractivity contribution in [2.45, 2.75) is 24.6 Å². The van der Waals surface area contributed by atoms with Crippen molar-refractivity contribution in [2.75, 3.05) is 5.43 Å². The van der Waals surface area contributed by atoms with E-state index in [1.54, 1.807) is 0 Å². The first kappa shape index (κ1) is 13.8. The number of anilines is 1. The fourth-order valence-corrected chi connectivity index (χ4v) is 2.64. The maximum atomic E-state index is 13.6.